The number of rotatable bonds is 1. The zero-order valence-corrected chi connectivity index (χ0v) is 13.9. The summed E-state index contributed by atoms with van der Waals surface area (Å²) in [5.74, 6) is 2.12. The van der Waals surface area contributed by atoms with E-state index in [-0.39, 0.29) is 24.0 Å². The SMILES string of the molecule is CC1Cc2ccccc2CN1C(=O)[C@@H]1CSCC[C@H](N)CN1. The van der Waals surface area contributed by atoms with E-state index in [9.17, 15) is 4.79 Å². The van der Waals surface area contributed by atoms with E-state index in [4.69, 9.17) is 5.73 Å². The molecule has 1 amide bonds. The number of nitrogens with two attached hydrogens (primary N) is 1. The van der Waals surface area contributed by atoms with Crippen molar-refractivity contribution in [3.8, 4) is 0 Å². The van der Waals surface area contributed by atoms with Crippen molar-refractivity contribution in [1.29, 1.82) is 0 Å². The second kappa shape index (κ2) is 7.02. The van der Waals surface area contributed by atoms with Crippen LogP contribution < -0.4 is 11.1 Å². The Kier molecular flexibility index (Phi) is 5.06. The van der Waals surface area contributed by atoms with Crippen LogP contribution in [0.3, 0.4) is 0 Å². The van der Waals surface area contributed by atoms with E-state index < -0.39 is 0 Å². The molecule has 1 aromatic rings. The van der Waals surface area contributed by atoms with Gasteiger partial charge in [0.25, 0.3) is 0 Å². The van der Waals surface area contributed by atoms with Crippen LogP contribution >= 0.6 is 11.8 Å². The van der Waals surface area contributed by atoms with Gasteiger partial charge in [-0.3, -0.25) is 4.79 Å². The lowest BCUT2D eigenvalue weighted by atomic mass is 9.94. The molecule has 1 saturated heterocycles. The predicted octanol–water partition coefficient (Wildman–Crippen LogP) is 1.38. The zero-order chi connectivity index (χ0) is 15.5. The highest BCUT2D eigenvalue weighted by atomic mass is 32.2. The van der Waals surface area contributed by atoms with Crippen molar-refractivity contribution in [3.05, 3.63) is 35.4 Å². The van der Waals surface area contributed by atoms with Crippen molar-refractivity contribution in [2.45, 2.75) is 44.4 Å². The maximum Gasteiger partial charge on any atom is 0.241 e. The number of carbonyl (C=O) groups is 1. The summed E-state index contributed by atoms with van der Waals surface area (Å²) in [6.07, 6.45) is 1.97. The Morgan fingerprint density at radius 2 is 2.14 bits per heavy atom. The molecule has 22 heavy (non-hydrogen) atoms. The first kappa shape index (κ1) is 15.8. The van der Waals surface area contributed by atoms with Crippen molar-refractivity contribution >= 4 is 17.7 Å². The first-order valence-corrected chi connectivity index (χ1v) is 9.24. The minimum Gasteiger partial charge on any atom is -0.334 e. The molecule has 3 atom stereocenters. The highest BCUT2D eigenvalue weighted by molar-refractivity contribution is 7.99. The van der Waals surface area contributed by atoms with Crippen molar-refractivity contribution in [1.82, 2.24) is 10.2 Å². The van der Waals surface area contributed by atoms with Gasteiger partial charge >= 0.3 is 0 Å². The smallest absolute Gasteiger partial charge is 0.241 e. The maximum absolute atomic E-state index is 13.0. The third-order valence-corrected chi connectivity index (χ3v) is 5.72. The highest BCUT2D eigenvalue weighted by Gasteiger charge is 2.31. The van der Waals surface area contributed by atoms with Gasteiger partial charge in [0, 0.05) is 30.9 Å². The number of nitrogens with zero attached hydrogens (tertiary/aromatic N) is 1. The molecule has 0 aromatic heterocycles. The standard InChI is InChI=1S/C17H25N3OS/c1-12-8-13-4-2-3-5-14(13)10-20(12)17(21)16-11-22-7-6-15(18)9-19-16/h2-5,12,15-16,19H,6-11,18H2,1H3/t12?,15-,16-/m0/s1. The number of hydrogen-bond acceptors (Lipinski definition) is 4. The quantitative estimate of drug-likeness (QED) is 0.821. The molecular weight excluding hydrogens is 294 g/mol. The molecule has 120 valence electrons. The molecule has 0 bridgehead atoms. The van der Waals surface area contributed by atoms with Gasteiger partial charge in [0.05, 0.1) is 6.04 Å². The fourth-order valence-electron chi connectivity index (χ4n) is 3.22. The van der Waals surface area contributed by atoms with E-state index in [1.165, 1.54) is 11.1 Å². The lowest BCUT2D eigenvalue weighted by Gasteiger charge is -2.37. The normalized spacial score (nSPS) is 29.4. The second-order valence-electron chi connectivity index (χ2n) is 6.37. The summed E-state index contributed by atoms with van der Waals surface area (Å²) in [6.45, 7) is 3.61. The molecule has 3 rings (SSSR count). The Morgan fingerprint density at radius 3 is 2.95 bits per heavy atom. The molecule has 0 radical (unpaired) electrons. The number of benzene rings is 1. The van der Waals surface area contributed by atoms with Crippen molar-refractivity contribution in [3.63, 3.8) is 0 Å². The number of nitrogens with one attached hydrogen (secondary N) is 1. The highest BCUT2D eigenvalue weighted by Crippen LogP contribution is 2.24. The molecule has 2 heterocycles. The molecule has 1 fully saturated rings. The maximum atomic E-state index is 13.0. The second-order valence-corrected chi connectivity index (χ2v) is 7.52. The predicted molar refractivity (Wildman–Crippen MR) is 91.9 cm³/mol. The van der Waals surface area contributed by atoms with Crippen molar-refractivity contribution in [2.75, 3.05) is 18.1 Å². The first-order chi connectivity index (χ1) is 10.6. The van der Waals surface area contributed by atoms with E-state index in [1.807, 2.05) is 16.7 Å². The van der Waals surface area contributed by atoms with Crippen LogP contribution in [0.4, 0.5) is 0 Å². The van der Waals surface area contributed by atoms with Gasteiger partial charge in [-0.1, -0.05) is 24.3 Å². The number of amides is 1. The average Bonchev–Trinajstić information content (AvgIpc) is 2.50. The molecule has 3 N–H and O–H groups in total. The van der Waals surface area contributed by atoms with Crippen LogP contribution in [0.25, 0.3) is 0 Å². The molecule has 1 unspecified atom stereocenters. The summed E-state index contributed by atoms with van der Waals surface area (Å²) in [5, 5.41) is 3.38. The monoisotopic (exact) mass is 319 g/mol. The van der Waals surface area contributed by atoms with E-state index >= 15 is 0 Å². The Hall–Kier alpha value is -1.04. The fraction of sp³-hybridized carbons (Fsp3) is 0.588. The van der Waals surface area contributed by atoms with Gasteiger partial charge < -0.3 is 16.0 Å². The Morgan fingerprint density at radius 1 is 1.36 bits per heavy atom. The summed E-state index contributed by atoms with van der Waals surface area (Å²) in [5.41, 5.74) is 8.69. The molecule has 0 aliphatic carbocycles. The van der Waals surface area contributed by atoms with Crippen LogP contribution in [0.15, 0.2) is 24.3 Å². The Balaban J connectivity index is 1.71. The molecule has 2 aliphatic rings. The molecule has 2 aliphatic heterocycles. The van der Waals surface area contributed by atoms with Crippen molar-refractivity contribution in [2.24, 2.45) is 5.73 Å². The van der Waals surface area contributed by atoms with Crippen LogP contribution in [-0.4, -0.2) is 47.0 Å². The van der Waals surface area contributed by atoms with E-state index in [1.54, 1.807) is 0 Å². The topological polar surface area (TPSA) is 58.4 Å². The Labute approximate surface area is 136 Å². The molecule has 1 aromatic carbocycles. The van der Waals surface area contributed by atoms with E-state index in [0.717, 1.165) is 37.4 Å². The largest absolute Gasteiger partial charge is 0.334 e. The van der Waals surface area contributed by atoms with Gasteiger partial charge in [-0.2, -0.15) is 11.8 Å². The minimum atomic E-state index is -0.107. The van der Waals surface area contributed by atoms with Crippen LogP contribution in [0, 0.1) is 0 Å². The molecule has 0 spiro atoms. The van der Waals surface area contributed by atoms with Crippen LogP contribution in [-0.2, 0) is 17.8 Å². The molecule has 4 nitrogen and oxygen atoms in total. The van der Waals surface area contributed by atoms with E-state index in [2.05, 4.69) is 36.5 Å². The number of thioether (sulfide) groups is 1. The van der Waals surface area contributed by atoms with Crippen molar-refractivity contribution < 1.29 is 4.79 Å². The third kappa shape index (κ3) is 3.47. The Bertz CT molecular complexity index is 536. The van der Waals surface area contributed by atoms with Gasteiger partial charge in [-0.05, 0) is 36.6 Å². The molecule has 5 heteroatoms. The summed E-state index contributed by atoms with van der Waals surface area (Å²) >= 11 is 1.83. The van der Waals surface area contributed by atoms with Gasteiger partial charge in [0.1, 0.15) is 0 Å². The fourth-order valence-corrected chi connectivity index (χ4v) is 4.36. The zero-order valence-electron chi connectivity index (χ0n) is 13.1. The summed E-state index contributed by atoms with van der Waals surface area (Å²) in [6, 6.07) is 8.76. The van der Waals surface area contributed by atoms with Gasteiger partial charge in [0.15, 0.2) is 0 Å². The summed E-state index contributed by atoms with van der Waals surface area (Å²) in [7, 11) is 0. The third-order valence-electron chi connectivity index (χ3n) is 4.63. The van der Waals surface area contributed by atoms with E-state index in [0.29, 0.717) is 0 Å². The van der Waals surface area contributed by atoms with Crippen LogP contribution in [0.5, 0.6) is 0 Å². The number of fused-ring (bicyclic) bond motifs is 1. The average molecular weight is 319 g/mol. The van der Waals surface area contributed by atoms with Gasteiger partial charge in [0.2, 0.25) is 5.91 Å². The molecule has 0 saturated carbocycles. The van der Waals surface area contributed by atoms with Gasteiger partial charge in [-0.25, -0.2) is 0 Å². The molecular formula is C17H25N3OS. The number of hydrogen-bond donors (Lipinski definition) is 2. The lowest BCUT2D eigenvalue weighted by molar-refractivity contribution is -0.136. The van der Waals surface area contributed by atoms with Crippen LogP contribution in [0.2, 0.25) is 0 Å². The van der Waals surface area contributed by atoms with Crippen LogP contribution in [0.1, 0.15) is 24.5 Å². The minimum absolute atomic E-state index is 0.107. The lowest BCUT2D eigenvalue weighted by Crippen LogP contribution is -2.54. The summed E-state index contributed by atoms with van der Waals surface area (Å²) < 4.78 is 0. The first-order valence-electron chi connectivity index (χ1n) is 8.09. The van der Waals surface area contributed by atoms with Gasteiger partial charge in [-0.15, -0.1) is 0 Å². The summed E-state index contributed by atoms with van der Waals surface area (Å²) in [4.78, 5) is 15.0. The number of carbonyl (C=O) groups excluding carboxylic acids is 1.